The van der Waals surface area contributed by atoms with Gasteiger partial charge in [-0.15, -0.1) is 6.42 Å². The molecule has 0 saturated heterocycles. The molecule has 3 aromatic heterocycles. The predicted molar refractivity (Wildman–Crippen MR) is 208 cm³/mol. The maximum Gasteiger partial charge on any atom is 0.134 e. The Morgan fingerprint density at radius 3 is 1.00 bits per heavy atom. The second-order valence-corrected chi connectivity index (χ2v) is 13.0. The number of rotatable bonds is 4. The molecule has 57 heavy (non-hydrogen) atoms. The summed E-state index contributed by atoms with van der Waals surface area (Å²) in [5.74, 6) is -2.71. The van der Waals surface area contributed by atoms with Crippen molar-refractivity contribution in [1.82, 2.24) is 19.9 Å². The monoisotopic (exact) mass is 810 g/mol. The molecule has 2 N–H and O–H groups in total. The van der Waals surface area contributed by atoms with E-state index in [-0.39, 0.29) is 80.9 Å². The largest absolute Gasteiger partial charge is 0.354 e. The van der Waals surface area contributed by atoms with Crippen LogP contribution in [-0.4, -0.2) is 19.9 Å². The summed E-state index contributed by atoms with van der Waals surface area (Å²) in [5, 5.41) is 0. The molecule has 0 saturated carbocycles. The molecule has 0 radical (unpaired) electrons. The van der Waals surface area contributed by atoms with Crippen LogP contribution < -0.4 is 0 Å². The molecule has 0 atom stereocenters. The molecule has 0 unspecified atom stereocenters. The van der Waals surface area contributed by atoms with Gasteiger partial charge in [-0.1, -0.05) is 36.3 Å². The number of nitrogens with zero attached hydrogens (tertiary/aromatic N) is 2. The molecular weight excluding hydrogens is 788 g/mol. The minimum atomic E-state index is -0.918. The average Bonchev–Trinajstić information content (AvgIpc) is 4.03. The number of nitrogens with one attached hydrogen (secondary N) is 2. The molecule has 5 heterocycles. The van der Waals surface area contributed by atoms with Crippen LogP contribution in [0.2, 0.25) is 0 Å². The van der Waals surface area contributed by atoms with E-state index in [4.69, 9.17) is 16.4 Å². The minimum absolute atomic E-state index is 0. The molecule has 8 bridgehead atoms. The van der Waals surface area contributed by atoms with Crippen LogP contribution in [0.25, 0.3) is 90.9 Å². The normalized spacial score (nSPS) is 11.7. The fraction of sp³-hybridized carbons (Fsp3) is 0. The Bertz CT molecular complexity index is 2950. The van der Waals surface area contributed by atoms with Crippen LogP contribution in [-0.2, 0) is 19.5 Å². The Labute approximate surface area is 334 Å². The molecule has 272 valence electrons. The van der Waals surface area contributed by atoms with Gasteiger partial charge in [-0.3, -0.25) is 0 Å². The van der Waals surface area contributed by atoms with E-state index in [1.807, 2.05) is 0 Å². The molecule has 4 nitrogen and oxygen atoms in total. The molecule has 9 rings (SSSR count). The summed E-state index contributed by atoms with van der Waals surface area (Å²) in [7, 11) is 0. The molecule has 2 aliphatic rings. The Kier molecular flexibility index (Phi) is 9.60. The van der Waals surface area contributed by atoms with Crippen molar-refractivity contribution in [1.29, 1.82) is 0 Å². The van der Waals surface area contributed by atoms with E-state index in [1.54, 1.807) is 48.6 Å². The average molecular weight is 812 g/mol. The first-order valence-electron chi connectivity index (χ1n) is 17.3. The second kappa shape index (κ2) is 14.7. The Morgan fingerprint density at radius 2 is 0.684 bits per heavy atom. The maximum atomic E-state index is 15.7. The number of H-pyrrole nitrogens is 2. The van der Waals surface area contributed by atoms with Crippen molar-refractivity contribution in [2.24, 2.45) is 0 Å². The SMILES string of the molecule is C#Cc1ccc(-c2c3nc(c(-c4c(F)cccc4F)c4ccc([nH]4)c(-c4c(F)cccc4F)c4nc(c(-c5c(F)cccc5F)c5ccc2[nH]5)C=C4)C=C3)cc1.[Zn]. The van der Waals surface area contributed by atoms with Crippen LogP contribution in [0.1, 0.15) is 28.3 Å². The summed E-state index contributed by atoms with van der Waals surface area (Å²) >= 11 is 0. The van der Waals surface area contributed by atoms with E-state index in [2.05, 4.69) is 15.9 Å². The van der Waals surface area contributed by atoms with Crippen molar-refractivity contribution < 1.29 is 45.8 Å². The molecule has 7 aromatic rings. The van der Waals surface area contributed by atoms with Crippen molar-refractivity contribution in [2.45, 2.75) is 0 Å². The molecule has 2 aliphatic heterocycles. The summed E-state index contributed by atoms with van der Waals surface area (Å²) in [4.78, 5) is 16.1. The number of fused-ring (bicyclic) bond motifs is 8. The summed E-state index contributed by atoms with van der Waals surface area (Å²) in [6, 6.07) is 23.8. The second-order valence-electron chi connectivity index (χ2n) is 13.0. The number of aromatic nitrogens is 4. The van der Waals surface area contributed by atoms with E-state index in [0.717, 1.165) is 36.4 Å². The molecule has 11 heteroatoms. The number of halogens is 6. The van der Waals surface area contributed by atoms with Crippen LogP contribution in [0, 0.1) is 47.2 Å². The minimum Gasteiger partial charge on any atom is -0.354 e. The topological polar surface area (TPSA) is 57.4 Å². The van der Waals surface area contributed by atoms with Gasteiger partial charge in [0, 0.05) is 69.4 Å². The first kappa shape index (κ1) is 37.2. The standard InChI is InChI=1S/C46H24F6N4.Zn/c1-2-24-12-14-25(15-13-24)40-32-16-18-34(53-32)44(41-26(47)6-3-7-27(41)48)36-20-22-38(55-36)46(43-30(51)10-5-11-31(43)52)39-23-21-37(56-39)45(35-19-17-33(40)54-35)42-28(49)8-4-9-29(42)50;/h1,3-23,53,56H;. The van der Waals surface area contributed by atoms with Gasteiger partial charge in [0.25, 0.3) is 0 Å². The van der Waals surface area contributed by atoms with Crippen molar-refractivity contribution in [3.63, 3.8) is 0 Å². The van der Waals surface area contributed by atoms with Crippen LogP contribution in [0.3, 0.4) is 0 Å². The van der Waals surface area contributed by atoms with E-state index >= 15 is 26.3 Å². The van der Waals surface area contributed by atoms with Crippen molar-refractivity contribution in [2.75, 3.05) is 0 Å². The first-order chi connectivity index (χ1) is 27.2. The smallest absolute Gasteiger partial charge is 0.134 e. The van der Waals surface area contributed by atoms with Crippen LogP contribution >= 0.6 is 0 Å². The Morgan fingerprint density at radius 1 is 0.386 bits per heavy atom. The van der Waals surface area contributed by atoms with Gasteiger partial charge in [0.05, 0.1) is 39.5 Å². The fourth-order valence-corrected chi connectivity index (χ4v) is 7.24. The molecule has 0 fully saturated rings. The molecule has 0 amide bonds. The number of benzene rings is 4. The zero-order valence-electron chi connectivity index (χ0n) is 29.6. The van der Waals surface area contributed by atoms with Gasteiger partial charge >= 0.3 is 0 Å². The van der Waals surface area contributed by atoms with Gasteiger partial charge in [-0.05, 0) is 103 Å². The van der Waals surface area contributed by atoms with Crippen LogP contribution in [0.5, 0.6) is 0 Å². The van der Waals surface area contributed by atoms with Crippen molar-refractivity contribution in [3.8, 4) is 56.9 Å². The first-order valence-corrected chi connectivity index (χ1v) is 17.3. The van der Waals surface area contributed by atoms with Gasteiger partial charge in [0.15, 0.2) is 0 Å². The molecule has 0 spiro atoms. The van der Waals surface area contributed by atoms with Gasteiger partial charge < -0.3 is 9.97 Å². The van der Waals surface area contributed by atoms with Crippen LogP contribution in [0.15, 0.2) is 103 Å². The molecule has 0 aliphatic carbocycles. The third-order valence-electron chi connectivity index (χ3n) is 9.73. The maximum absolute atomic E-state index is 15.7. The number of hydrogen-bond acceptors (Lipinski definition) is 2. The fourth-order valence-electron chi connectivity index (χ4n) is 7.24. The number of terminal acetylenes is 1. The zero-order valence-corrected chi connectivity index (χ0v) is 32.5. The predicted octanol–water partition coefficient (Wildman–Crippen LogP) is 12.1. The molecular formula is C46H24F6N4Zn. The van der Waals surface area contributed by atoms with Gasteiger partial charge in [0.1, 0.15) is 34.9 Å². The summed E-state index contributed by atoms with van der Waals surface area (Å²) in [5.41, 5.74) is 2.31. The van der Waals surface area contributed by atoms with E-state index in [9.17, 15) is 0 Å². The summed E-state index contributed by atoms with van der Waals surface area (Å²) in [6.07, 6.45) is 11.9. The van der Waals surface area contributed by atoms with E-state index in [1.165, 1.54) is 42.5 Å². The van der Waals surface area contributed by atoms with Crippen molar-refractivity contribution in [3.05, 3.63) is 166 Å². The Balaban J connectivity index is 0.00000455. The van der Waals surface area contributed by atoms with Gasteiger partial charge in [0.2, 0.25) is 0 Å². The van der Waals surface area contributed by atoms with E-state index in [0.29, 0.717) is 27.9 Å². The molecule has 4 aromatic carbocycles. The third-order valence-corrected chi connectivity index (χ3v) is 9.73. The number of aromatic amines is 2. The Hall–Kier alpha value is -6.76. The quantitative estimate of drug-likeness (QED) is 0.106. The summed E-state index contributed by atoms with van der Waals surface area (Å²) < 4.78 is 94.4. The van der Waals surface area contributed by atoms with Crippen molar-refractivity contribution >= 4 is 46.4 Å². The summed E-state index contributed by atoms with van der Waals surface area (Å²) in [6.45, 7) is 0. The number of hydrogen-bond donors (Lipinski definition) is 2. The van der Waals surface area contributed by atoms with E-state index < -0.39 is 40.5 Å². The zero-order chi connectivity index (χ0) is 38.7. The van der Waals surface area contributed by atoms with Crippen LogP contribution in [0.4, 0.5) is 26.3 Å². The van der Waals surface area contributed by atoms with Gasteiger partial charge in [-0.2, -0.15) is 0 Å². The van der Waals surface area contributed by atoms with Gasteiger partial charge in [-0.25, -0.2) is 36.3 Å². The third kappa shape index (κ3) is 6.38.